The van der Waals surface area contributed by atoms with Gasteiger partial charge in [-0.1, -0.05) is 12.8 Å². The highest BCUT2D eigenvalue weighted by molar-refractivity contribution is 7.91. The molecular weight excluding hydrogens is 423 g/mol. The molecule has 30 heavy (non-hydrogen) atoms. The number of carbonyl (C=O) groups is 1. The highest BCUT2D eigenvalue weighted by Crippen LogP contribution is 2.59. The quantitative estimate of drug-likeness (QED) is 0.372. The lowest BCUT2D eigenvalue weighted by Crippen LogP contribution is -2.58. The summed E-state index contributed by atoms with van der Waals surface area (Å²) in [6, 6.07) is 0. The summed E-state index contributed by atoms with van der Waals surface area (Å²) in [6.45, 7) is 1.95. The van der Waals surface area contributed by atoms with E-state index in [1.54, 1.807) is 0 Å². The van der Waals surface area contributed by atoms with E-state index in [-0.39, 0.29) is 24.7 Å². The van der Waals surface area contributed by atoms with E-state index >= 15 is 0 Å². The number of nitrogens with zero attached hydrogens (tertiary/aromatic N) is 1. The molecule has 2 atom stereocenters. The van der Waals surface area contributed by atoms with E-state index in [1.807, 2.05) is 6.92 Å². The molecule has 10 heteroatoms. The molecule has 5 saturated carbocycles. The van der Waals surface area contributed by atoms with Crippen LogP contribution in [0.2, 0.25) is 0 Å². The number of hydrogen-bond donors (Lipinski definition) is 0. The maximum atomic E-state index is 13.1. The molecule has 0 aromatic carbocycles. The SMILES string of the molecule is CC1(OC(=O)C2CCCCC2/C([O-])=N/S(=O)(=O)C(F)(F)F)C2CC3CC(C2)CC1C3. The molecule has 0 heterocycles. The van der Waals surface area contributed by atoms with Crippen molar-refractivity contribution in [3.63, 3.8) is 0 Å². The van der Waals surface area contributed by atoms with E-state index in [0.29, 0.717) is 24.7 Å². The molecule has 0 N–H and O–H groups in total. The van der Waals surface area contributed by atoms with Crippen LogP contribution in [0.3, 0.4) is 0 Å². The topological polar surface area (TPSA) is 95.9 Å². The Labute approximate surface area is 174 Å². The van der Waals surface area contributed by atoms with Gasteiger partial charge < -0.3 is 9.84 Å². The van der Waals surface area contributed by atoms with Gasteiger partial charge in [-0.25, -0.2) is 0 Å². The summed E-state index contributed by atoms with van der Waals surface area (Å²) in [5.74, 6) is -2.25. The molecule has 0 saturated heterocycles. The number of ether oxygens (including phenoxy) is 1. The van der Waals surface area contributed by atoms with Gasteiger partial charge in [-0.05, 0) is 81.4 Å². The average Bonchev–Trinajstić information content (AvgIpc) is 2.64. The molecule has 0 radical (unpaired) electrons. The minimum absolute atomic E-state index is 0.128. The monoisotopic (exact) mass is 450 g/mol. The highest BCUT2D eigenvalue weighted by atomic mass is 32.2. The molecule has 4 bridgehead atoms. The Morgan fingerprint density at radius 3 is 2.00 bits per heavy atom. The first kappa shape index (κ1) is 21.9. The first-order chi connectivity index (χ1) is 13.9. The fourth-order valence-corrected chi connectivity index (χ4v) is 7.00. The maximum Gasteiger partial charge on any atom is 0.518 e. The van der Waals surface area contributed by atoms with Crippen molar-refractivity contribution in [3.8, 4) is 0 Å². The maximum absolute atomic E-state index is 13.1. The van der Waals surface area contributed by atoms with E-state index in [9.17, 15) is 31.5 Å². The summed E-state index contributed by atoms with van der Waals surface area (Å²) in [6.07, 6.45) is 6.87. The van der Waals surface area contributed by atoms with Gasteiger partial charge in [0, 0.05) is 5.92 Å². The van der Waals surface area contributed by atoms with Gasteiger partial charge in [0.1, 0.15) is 5.60 Å². The van der Waals surface area contributed by atoms with Gasteiger partial charge in [0.2, 0.25) is 0 Å². The van der Waals surface area contributed by atoms with Crippen molar-refractivity contribution in [1.82, 2.24) is 0 Å². The van der Waals surface area contributed by atoms with Crippen molar-refractivity contribution in [3.05, 3.63) is 0 Å². The van der Waals surface area contributed by atoms with Crippen LogP contribution < -0.4 is 5.11 Å². The molecule has 170 valence electrons. The van der Waals surface area contributed by atoms with Crippen LogP contribution in [-0.2, 0) is 19.6 Å². The summed E-state index contributed by atoms with van der Waals surface area (Å²) >= 11 is 0. The molecule has 0 aromatic heterocycles. The molecule has 6 nitrogen and oxygen atoms in total. The van der Waals surface area contributed by atoms with Gasteiger partial charge in [0.25, 0.3) is 0 Å². The molecule has 0 aromatic rings. The summed E-state index contributed by atoms with van der Waals surface area (Å²) in [5.41, 5.74) is -6.26. The van der Waals surface area contributed by atoms with Crippen molar-refractivity contribution in [2.45, 2.75) is 75.8 Å². The van der Waals surface area contributed by atoms with Crippen LogP contribution in [0.25, 0.3) is 0 Å². The number of hydrogen-bond acceptors (Lipinski definition) is 5. The van der Waals surface area contributed by atoms with E-state index in [1.165, 1.54) is 6.42 Å². The average molecular weight is 450 g/mol. The molecule has 0 amide bonds. The molecule has 0 spiro atoms. The minimum Gasteiger partial charge on any atom is -0.861 e. The largest absolute Gasteiger partial charge is 0.861 e. The second-order valence-corrected chi connectivity index (χ2v) is 11.4. The standard InChI is InChI=1S/C20H28F3NO5S/c1-19(13-7-11-6-12(9-13)10-14(19)8-11)29-18(26)16-5-3-2-4-15(16)17(25)24-30(27,28)20(21,22)23/h11-16H,2-10H2,1H3,(H,24,25)/p-1. The summed E-state index contributed by atoms with van der Waals surface area (Å²) < 4.78 is 68.9. The molecular formula is C20H27F3NO5S-. The summed E-state index contributed by atoms with van der Waals surface area (Å²) in [5, 5.41) is 12.3. The predicted octanol–water partition coefficient (Wildman–Crippen LogP) is 3.16. The smallest absolute Gasteiger partial charge is 0.518 e. The van der Waals surface area contributed by atoms with Crippen molar-refractivity contribution in [1.29, 1.82) is 0 Å². The van der Waals surface area contributed by atoms with Crippen molar-refractivity contribution >= 4 is 21.9 Å². The normalized spacial score (nSPS) is 41.7. The molecule has 5 aliphatic rings. The van der Waals surface area contributed by atoms with Crippen molar-refractivity contribution in [2.75, 3.05) is 0 Å². The van der Waals surface area contributed by atoms with Gasteiger partial charge in [0.05, 0.1) is 5.92 Å². The van der Waals surface area contributed by atoms with Gasteiger partial charge in [0.15, 0.2) is 0 Å². The lowest BCUT2D eigenvalue weighted by Gasteiger charge is -2.59. The lowest BCUT2D eigenvalue weighted by molar-refractivity contribution is -0.230. The van der Waals surface area contributed by atoms with E-state index in [0.717, 1.165) is 25.7 Å². The third-order valence-corrected chi connectivity index (χ3v) is 8.97. The zero-order valence-electron chi connectivity index (χ0n) is 16.9. The van der Waals surface area contributed by atoms with Crippen LogP contribution in [0.15, 0.2) is 4.40 Å². The second-order valence-electron chi connectivity index (χ2n) is 9.76. The molecule has 0 aliphatic heterocycles. The third kappa shape index (κ3) is 3.73. The Bertz CT molecular complexity index is 810. The number of rotatable bonds is 4. The molecule has 2 unspecified atom stereocenters. The van der Waals surface area contributed by atoms with Gasteiger partial charge in [-0.2, -0.15) is 26.0 Å². The minimum atomic E-state index is -5.93. The van der Waals surface area contributed by atoms with Crippen LogP contribution in [0.5, 0.6) is 0 Å². The van der Waals surface area contributed by atoms with Crippen molar-refractivity contribution in [2.24, 2.45) is 39.9 Å². The van der Waals surface area contributed by atoms with Gasteiger partial charge >= 0.3 is 21.5 Å². The first-order valence-corrected chi connectivity index (χ1v) is 12.2. The van der Waals surface area contributed by atoms with Crippen LogP contribution >= 0.6 is 0 Å². The zero-order chi connectivity index (χ0) is 21.9. The number of sulfonamides is 1. The second kappa shape index (κ2) is 7.38. The van der Waals surface area contributed by atoms with Crippen LogP contribution in [0.4, 0.5) is 13.2 Å². The Hall–Kier alpha value is -1.32. The van der Waals surface area contributed by atoms with E-state index in [4.69, 9.17) is 4.74 Å². The molecule has 5 aliphatic carbocycles. The van der Waals surface area contributed by atoms with Crippen LogP contribution in [0.1, 0.15) is 64.7 Å². The number of carbonyl (C=O) groups excluding carboxylic acids is 1. The van der Waals surface area contributed by atoms with Crippen LogP contribution in [-0.4, -0.2) is 31.4 Å². The van der Waals surface area contributed by atoms with E-state index in [2.05, 4.69) is 4.40 Å². The summed E-state index contributed by atoms with van der Waals surface area (Å²) in [4.78, 5) is 13.1. The number of esters is 1. The fourth-order valence-electron chi connectivity index (χ4n) is 6.53. The lowest BCUT2D eigenvalue weighted by atomic mass is 9.50. The molecule has 5 rings (SSSR count). The Balaban J connectivity index is 1.52. The van der Waals surface area contributed by atoms with Gasteiger partial charge in [-0.3, -0.25) is 4.79 Å². The number of halogens is 3. The fraction of sp³-hybridized carbons (Fsp3) is 0.900. The summed E-state index contributed by atoms with van der Waals surface area (Å²) in [7, 11) is -5.93. The van der Waals surface area contributed by atoms with Crippen molar-refractivity contribution < 1.29 is 36.2 Å². The Morgan fingerprint density at radius 2 is 1.50 bits per heavy atom. The Kier molecular flexibility index (Phi) is 5.38. The number of alkyl halides is 3. The van der Waals surface area contributed by atoms with Gasteiger partial charge in [-0.15, -0.1) is 0 Å². The first-order valence-electron chi connectivity index (χ1n) is 10.7. The third-order valence-electron chi connectivity index (χ3n) is 7.97. The van der Waals surface area contributed by atoms with Crippen LogP contribution in [0, 0.1) is 35.5 Å². The molecule has 5 fully saturated rings. The highest BCUT2D eigenvalue weighted by Gasteiger charge is 2.57. The Morgan fingerprint density at radius 1 is 1.00 bits per heavy atom. The zero-order valence-corrected chi connectivity index (χ0v) is 17.7. The predicted molar refractivity (Wildman–Crippen MR) is 99.4 cm³/mol. The van der Waals surface area contributed by atoms with E-state index < -0.39 is 44.8 Å².